The minimum Gasteiger partial charge on any atom is -0.462 e. The van der Waals surface area contributed by atoms with Crippen LogP contribution in [0, 0.1) is 5.92 Å². The molecular formula is C24H30O2. The SMILES string of the molecule is CCCCCC[C@H](C)OC(=O)[C@@H]1CC1(c1ccccc1)c1ccccc1. The van der Waals surface area contributed by atoms with E-state index in [9.17, 15) is 4.79 Å². The van der Waals surface area contributed by atoms with Crippen LogP contribution in [0.1, 0.15) is 63.5 Å². The van der Waals surface area contributed by atoms with Crippen molar-refractivity contribution in [1.29, 1.82) is 0 Å². The maximum absolute atomic E-state index is 12.8. The number of esters is 1. The molecule has 2 nitrogen and oxygen atoms in total. The molecule has 26 heavy (non-hydrogen) atoms. The third kappa shape index (κ3) is 4.00. The zero-order valence-corrected chi connectivity index (χ0v) is 16.0. The van der Waals surface area contributed by atoms with Gasteiger partial charge in [-0.1, -0.05) is 86.8 Å². The molecule has 0 N–H and O–H groups in total. The van der Waals surface area contributed by atoms with Crippen molar-refractivity contribution in [3.63, 3.8) is 0 Å². The lowest BCUT2D eigenvalue weighted by molar-refractivity contribution is -0.150. The van der Waals surface area contributed by atoms with E-state index in [1.54, 1.807) is 0 Å². The van der Waals surface area contributed by atoms with Gasteiger partial charge in [-0.2, -0.15) is 0 Å². The Morgan fingerprint density at radius 2 is 1.58 bits per heavy atom. The van der Waals surface area contributed by atoms with Gasteiger partial charge in [0.15, 0.2) is 0 Å². The van der Waals surface area contributed by atoms with E-state index in [0.717, 1.165) is 19.3 Å². The number of unbranched alkanes of at least 4 members (excludes halogenated alkanes) is 3. The van der Waals surface area contributed by atoms with Gasteiger partial charge in [0.05, 0.1) is 12.0 Å². The molecule has 0 spiro atoms. The second-order valence-electron chi connectivity index (χ2n) is 7.56. The Morgan fingerprint density at radius 3 is 2.12 bits per heavy atom. The molecule has 1 aliphatic rings. The van der Waals surface area contributed by atoms with Gasteiger partial charge in [0.1, 0.15) is 0 Å². The lowest BCUT2D eigenvalue weighted by Gasteiger charge is -2.20. The number of carbonyl (C=O) groups is 1. The topological polar surface area (TPSA) is 26.3 Å². The first kappa shape index (κ1) is 18.7. The van der Waals surface area contributed by atoms with E-state index < -0.39 is 0 Å². The van der Waals surface area contributed by atoms with E-state index in [-0.39, 0.29) is 23.4 Å². The van der Waals surface area contributed by atoms with Gasteiger partial charge in [-0.15, -0.1) is 0 Å². The molecular weight excluding hydrogens is 320 g/mol. The average molecular weight is 351 g/mol. The molecule has 0 aromatic heterocycles. The van der Waals surface area contributed by atoms with Crippen molar-refractivity contribution in [2.45, 2.75) is 63.9 Å². The summed E-state index contributed by atoms with van der Waals surface area (Å²) < 4.78 is 5.81. The van der Waals surface area contributed by atoms with Gasteiger partial charge in [0.2, 0.25) is 0 Å². The van der Waals surface area contributed by atoms with Gasteiger partial charge >= 0.3 is 5.97 Å². The third-order valence-corrected chi connectivity index (χ3v) is 5.60. The Hall–Kier alpha value is -2.09. The van der Waals surface area contributed by atoms with Gasteiger partial charge in [0, 0.05) is 5.41 Å². The number of rotatable bonds is 9. The summed E-state index contributed by atoms with van der Waals surface area (Å²) in [6, 6.07) is 20.8. The number of ether oxygens (including phenoxy) is 1. The molecule has 1 aliphatic carbocycles. The lowest BCUT2D eigenvalue weighted by atomic mass is 9.86. The van der Waals surface area contributed by atoms with Crippen LogP contribution in [0.3, 0.4) is 0 Å². The third-order valence-electron chi connectivity index (χ3n) is 5.60. The smallest absolute Gasteiger partial charge is 0.310 e. The highest BCUT2D eigenvalue weighted by Crippen LogP contribution is 2.59. The summed E-state index contributed by atoms with van der Waals surface area (Å²) >= 11 is 0. The predicted molar refractivity (Wildman–Crippen MR) is 106 cm³/mol. The Labute approximate surface area is 157 Å². The van der Waals surface area contributed by atoms with Gasteiger partial charge in [0.25, 0.3) is 0 Å². The van der Waals surface area contributed by atoms with Crippen LogP contribution >= 0.6 is 0 Å². The second kappa shape index (κ2) is 8.53. The summed E-state index contributed by atoms with van der Waals surface area (Å²) in [7, 11) is 0. The van der Waals surface area contributed by atoms with Crippen molar-refractivity contribution in [2.24, 2.45) is 5.92 Å². The van der Waals surface area contributed by atoms with Gasteiger partial charge in [-0.3, -0.25) is 4.79 Å². The monoisotopic (exact) mass is 350 g/mol. The van der Waals surface area contributed by atoms with Crippen LogP contribution < -0.4 is 0 Å². The molecule has 2 heteroatoms. The van der Waals surface area contributed by atoms with Crippen molar-refractivity contribution in [2.75, 3.05) is 0 Å². The predicted octanol–water partition coefficient (Wildman–Crippen LogP) is 5.89. The Bertz CT molecular complexity index is 653. The Balaban J connectivity index is 1.69. The number of carbonyl (C=O) groups excluding carboxylic acids is 1. The normalized spacial score (nSPS) is 18.9. The standard InChI is InChI=1S/C24H30O2/c1-3-4-5-8-13-19(2)26-23(25)22-18-24(22,20-14-9-6-10-15-20)21-16-11-7-12-17-21/h6-7,9-12,14-17,19,22H,3-5,8,13,18H2,1-2H3/t19-,22-/m0/s1. The molecule has 0 heterocycles. The number of benzene rings is 2. The first-order valence-corrected chi connectivity index (χ1v) is 10.00. The molecule has 0 radical (unpaired) electrons. The molecule has 2 aromatic carbocycles. The van der Waals surface area contributed by atoms with Crippen LogP contribution in [0.2, 0.25) is 0 Å². The van der Waals surface area contributed by atoms with Crippen molar-refractivity contribution in [3.8, 4) is 0 Å². The summed E-state index contributed by atoms with van der Waals surface area (Å²) in [5, 5.41) is 0. The van der Waals surface area contributed by atoms with E-state index in [4.69, 9.17) is 4.74 Å². The summed E-state index contributed by atoms with van der Waals surface area (Å²) in [6.45, 7) is 4.24. The highest BCUT2D eigenvalue weighted by Gasteiger charge is 2.61. The van der Waals surface area contributed by atoms with Crippen LogP contribution in [0.4, 0.5) is 0 Å². The second-order valence-corrected chi connectivity index (χ2v) is 7.56. The molecule has 0 amide bonds. The molecule has 0 saturated heterocycles. The van der Waals surface area contributed by atoms with Crippen molar-refractivity contribution < 1.29 is 9.53 Å². The van der Waals surface area contributed by atoms with Crippen molar-refractivity contribution in [1.82, 2.24) is 0 Å². The molecule has 138 valence electrons. The van der Waals surface area contributed by atoms with Crippen LogP contribution in [0.5, 0.6) is 0 Å². The molecule has 0 unspecified atom stereocenters. The zero-order chi connectivity index (χ0) is 18.4. The van der Waals surface area contributed by atoms with Gasteiger partial charge in [-0.25, -0.2) is 0 Å². The fourth-order valence-electron chi connectivity index (χ4n) is 4.02. The van der Waals surface area contributed by atoms with Crippen LogP contribution in [0.15, 0.2) is 60.7 Å². The van der Waals surface area contributed by atoms with Crippen LogP contribution in [-0.2, 0) is 14.9 Å². The van der Waals surface area contributed by atoms with Crippen molar-refractivity contribution >= 4 is 5.97 Å². The first-order valence-electron chi connectivity index (χ1n) is 10.00. The fourth-order valence-corrected chi connectivity index (χ4v) is 4.02. The van der Waals surface area contributed by atoms with Crippen LogP contribution in [0.25, 0.3) is 0 Å². The summed E-state index contributed by atoms with van der Waals surface area (Å²) in [6.07, 6.45) is 6.64. The summed E-state index contributed by atoms with van der Waals surface area (Å²) in [5.41, 5.74) is 2.20. The quantitative estimate of drug-likeness (QED) is 0.416. The van der Waals surface area contributed by atoms with Gasteiger partial charge in [-0.05, 0) is 37.3 Å². The zero-order valence-electron chi connectivity index (χ0n) is 16.0. The van der Waals surface area contributed by atoms with E-state index in [0.29, 0.717) is 0 Å². The summed E-state index contributed by atoms with van der Waals surface area (Å²) in [5.74, 6) is -0.119. The largest absolute Gasteiger partial charge is 0.462 e. The molecule has 1 fully saturated rings. The van der Waals surface area contributed by atoms with E-state index in [1.807, 2.05) is 19.1 Å². The molecule has 2 atom stereocenters. The lowest BCUT2D eigenvalue weighted by Crippen LogP contribution is -2.22. The van der Waals surface area contributed by atoms with E-state index in [2.05, 4.69) is 55.5 Å². The molecule has 0 aliphatic heterocycles. The Kier molecular flexibility index (Phi) is 6.13. The van der Waals surface area contributed by atoms with Gasteiger partial charge < -0.3 is 4.74 Å². The average Bonchev–Trinajstić information content (AvgIpc) is 3.44. The van der Waals surface area contributed by atoms with Crippen LogP contribution in [-0.4, -0.2) is 12.1 Å². The molecule has 2 aromatic rings. The number of hydrogen-bond acceptors (Lipinski definition) is 2. The molecule has 1 saturated carbocycles. The maximum Gasteiger partial charge on any atom is 0.310 e. The first-order chi connectivity index (χ1) is 12.7. The minimum atomic E-state index is -0.221. The highest BCUT2D eigenvalue weighted by atomic mass is 16.5. The maximum atomic E-state index is 12.8. The highest BCUT2D eigenvalue weighted by molar-refractivity contribution is 5.81. The minimum absolute atomic E-state index is 0.00389. The van der Waals surface area contributed by atoms with E-state index >= 15 is 0 Å². The van der Waals surface area contributed by atoms with E-state index in [1.165, 1.54) is 30.4 Å². The fraction of sp³-hybridized carbons (Fsp3) is 0.458. The number of hydrogen-bond donors (Lipinski definition) is 0. The molecule has 0 bridgehead atoms. The van der Waals surface area contributed by atoms with Crippen molar-refractivity contribution in [3.05, 3.63) is 71.8 Å². The molecule has 3 rings (SSSR count). The summed E-state index contributed by atoms with van der Waals surface area (Å²) in [4.78, 5) is 12.8. The Morgan fingerprint density at radius 1 is 1.00 bits per heavy atom.